The number of carbonyl (C=O) groups is 1. The van der Waals surface area contributed by atoms with Gasteiger partial charge in [0.25, 0.3) is 5.91 Å². The molecule has 0 saturated heterocycles. The van der Waals surface area contributed by atoms with Gasteiger partial charge in [-0.05, 0) is 49.2 Å². The molecule has 0 aliphatic carbocycles. The second-order valence-corrected chi connectivity index (χ2v) is 7.51. The molecule has 24 heavy (non-hydrogen) atoms. The molecule has 0 fully saturated rings. The molecule has 120 valence electrons. The molecule has 3 heterocycles. The molecule has 2 aromatic carbocycles. The fraction of sp³-hybridized carbons (Fsp3) is 0.211. The van der Waals surface area contributed by atoms with Crippen LogP contribution in [0.4, 0.5) is 5.69 Å². The number of fused-ring (bicyclic) bond motifs is 6. The Morgan fingerprint density at radius 3 is 2.92 bits per heavy atom. The number of aromatic amines is 1. The molecular weight excluding hydrogens is 366 g/mol. The molecule has 1 amide bonds. The molecule has 1 atom stereocenters. The zero-order valence-electron chi connectivity index (χ0n) is 13.2. The number of H-pyrrole nitrogens is 1. The number of aryl methyl sites for hydroxylation is 1. The normalized spacial score (nSPS) is 21.8. The molecular formula is C19H16BrN3O. The van der Waals surface area contributed by atoms with Gasteiger partial charge in [-0.1, -0.05) is 27.6 Å². The third-order valence-electron chi connectivity index (χ3n) is 5.18. The van der Waals surface area contributed by atoms with Crippen LogP contribution in [0.25, 0.3) is 10.9 Å². The number of carbonyl (C=O) groups excluding carboxylic acids is 1. The van der Waals surface area contributed by atoms with Gasteiger partial charge in [-0.3, -0.25) is 10.1 Å². The van der Waals surface area contributed by atoms with Crippen molar-refractivity contribution in [2.45, 2.75) is 18.9 Å². The number of hydrogen-bond donors (Lipinski definition) is 3. The maximum Gasteiger partial charge on any atom is 0.255 e. The van der Waals surface area contributed by atoms with Gasteiger partial charge in [0.05, 0.1) is 5.69 Å². The summed E-state index contributed by atoms with van der Waals surface area (Å²) < 4.78 is 0.970. The molecule has 1 aromatic heterocycles. The molecule has 1 spiro atoms. The number of aromatic nitrogens is 1. The second kappa shape index (κ2) is 4.71. The first kappa shape index (κ1) is 14.3. The maximum absolute atomic E-state index is 13.0. The maximum atomic E-state index is 13.0. The average Bonchev–Trinajstić information content (AvgIpc) is 3.06. The predicted octanol–water partition coefficient (Wildman–Crippen LogP) is 3.58. The molecule has 0 radical (unpaired) electrons. The van der Waals surface area contributed by atoms with Crippen LogP contribution in [0.2, 0.25) is 0 Å². The van der Waals surface area contributed by atoms with Gasteiger partial charge in [-0.15, -0.1) is 0 Å². The first-order chi connectivity index (χ1) is 11.6. The standard InChI is InChI=1S/C19H16BrN3O/c1-10-2-4-15-13(8-10)12-6-7-21-19(17(12)22-15)14-9-11(20)3-5-16(14)23-18(19)24/h2-5,8-9,21-22H,6-7H2,1H3,(H,23,24). The van der Waals surface area contributed by atoms with Crippen molar-refractivity contribution in [1.29, 1.82) is 0 Å². The Labute approximate surface area is 147 Å². The van der Waals surface area contributed by atoms with Crippen LogP contribution in [-0.2, 0) is 16.8 Å². The smallest absolute Gasteiger partial charge is 0.255 e. The number of amides is 1. The van der Waals surface area contributed by atoms with E-state index in [-0.39, 0.29) is 5.91 Å². The van der Waals surface area contributed by atoms with Crippen LogP contribution in [0.1, 0.15) is 22.4 Å². The number of nitrogens with one attached hydrogen (secondary N) is 3. The monoisotopic (exact) mass is 381 g/mol. The van der Waals surface area contributed by atoms with Gasteiger partial charge in [-0.25, -0.2) is 0 Å². The van der Waals surface area contributed by atoms with Crippen molar-refractivity contribution in [2.24, 2.45) is 0 Å². The van der Waals surface area contributed by atoms with Crippen LogP contribution >= 0.6 is 15.9 Å². The molecule has 5 rings (SSSR count). The van der Waals surface area contributed by atoms with Crippen LogP contribution in [0, 0.1) is 6.92 Å². The molecule has 2 aliphatic rings. The quantitative estimate of drug-likeness (QED) is 0.557. The zero-order valence-corrected chi connectivity index (χ0v) is 14.8. The molecule has 3 aromatic rings. The summed E-state index contributed by atoms with van der Waals surface area (Å²) >= 11 is 3.54. The summed E-state index contributed by atoms with van der Waals surface area (Å²) in [5.41, 5.74) is 5.56. The summed E-state index contributed by atoms with van der Waals surface area (Å²) in [6, 6.07) is 12.4. The Morgan fingerprint density at radius 2 is 2.04 bits per heavy atom. The molecule has 5 heteroatoms. The first-order valence-corrected chi connectivity index (χ1v) is 8.87. The van der Waals surface area contributed by atoms with Crippen LogP contribution in [0.5, 0.6) is 0 Å². The summed E-state index contributed by atoms with van der Waals surface area (Å²) in [5, 5.41) is 7.76. The molecule has 4 nitrogen and oxygen atoms in total. The number of hydrogen-bond acceptors (Lipinski definition) is 2. The van der Waals surface area contributed by atoms with Crippen molar-refractivity contribution in [2.75, 3.05) is 11.9 Å². The van der Waals surface area contributed by atoms with Crippen LogP contribution in [0.3, 0.4) is 0 Å². The van der Waals surface area contributed by atoms with Crippen molar-refractivity contribution in [3.63, 3.8) is 0 Å². The number of benzene rings is 2. The van der Waals surface area contributed by atoms with Crippen molar-refractivity contribution in [1.82, 2.24) is 10.3 Å². The summed E-state index contributed by atoms with van der Waals surface area (Å²) in [7, 11) is 0. The van der Waals surface area contributed by atoms with Gasteiger partial charge in [-0.2, -0.15) is 0 Å². The minimum Gasteiger partial charge on any atom is -0.356 e. The summed E-state index contributed by atoms with van der Waals surface area (Å²) in [6.45, 7) is 2.87. The molecule has 0 bridgehead atoms. The van der Waals surface area contributed by atoms with E-state index in [9.17, 15) is 4.79 Å². The highest BCUT2D eigenvalue weighted by atomic mass is 79.9. The van der Waals surface area contributed by atoms with Crippen LogP contribution < -0.4 is 10.6 Å². The lowest BCUT2D eigenvalue weighted by Gasteiger charge is -2.33. The molecule has 2 aliphatic heterocycles. The highest BCUT2D eigenvalue weighted by Crippen LogP contribution is 2.46. The van der Waals surface area contributed by atoms with E-state index in [1.54, 1.807) is 0 Å². The molecule has 3 N–H and O–H groups in total. The molecule has 0 saturated carbocycles. The predicted molar refractivity (Wildman–Crippen MR) is 98.3 cm³/mol. The Kier molecular flexibility index (Phi) is 2.80. The van der Waals surface area contributed by atoms with Gasteiger partial charge in [0.1, 0.15) is 0 Å². The minimum atomic E-state index is -0.834. The van der Waals surface area contributed by atoms with Crippen molar-refractivity contribution in [3.05, 3.63) is 63.3 Å². The third kappa shape index (κ3) is 1.69. The number of anilines is 1. The third-order valence-corrected chi connectivity index (χ3v) is 5.67. The van der Waals surface area contributed by atoms with E-state index in [0.717, 1.165) is 39.9 Å². The number of rotatable bonds is 0. The Balaban J connectivity index is 1.86. The largest absolute Gasteiger partial charge is 0.356 e. The van der Waals surface area contributed by atoms with Crippen molar-refractivity contribution >= 4 is 38.4 Å². The topological polar surface area (TPSA) is 56.9 Å². The van der Waals surface area contributed by atoms with E-state index < -0.39 is 5.54 Å². The van der Waals surface area contributed by atoms with Gasteiger partial charge in [0.15, 0.2) is 5.54 Å². The van der Waals surface area contributed by atoms with E-state index >= 15 is 0 Å². The lowest BCUT2D eigenvalue weighted by Crippen LogP contribution is -2.53. The van der Waals surface area contributed by atoms with E-state index in [2.05, 4.69) is 56.7 Å². The summed E-state index contributed by atoms with van der Waals surface area (Å²) in [6.07, 6.45) is 0.914. The van der Waals surface area contributed by atoms with Gasteiger partial charge < -0.3 is 10.3 Å². The fourth-order valence-corrected chi connectivity index (χ4v) is 4.46. The van der Waals surface area contributed by atoms with Crippen molar-refractivity contribution in [3.8, 4) is 0 Å². The lowest BCUT2D eigenvalue weighted by molar-refractivity contribution is -0.120. The Morgan fingerprint density at radius 1 is 1.17 bits per heavy atom. The van der Waals surface area contributed by atoms with E-state index in [1.165, 1.54) is 16.5 Å². The first-order valence-electron chi connectivity index (χ1n) is 8.08. The van der Waals surface area contributed by atoms with Crippen LogP contribution in [-0.4, -0.2) is 17.4 Å². The summed E-state index contributed by atoms with van der Waals surface area (Å²) in [5.74, 6) is -0.0140. The average molecular weight is 382 g/mol. The van der Waals surface area contributed by atoms with Gasteiger partial charge in [0.2, 0.25) is 0 Å². The Bertz CT molecular complexity index is 1020. The van der Waals surface area contributed by atoms with Crippen LogP contribution in [0.15, 0.2) is 40.9 Å². The highest BCUT2D eigenvalue weighted by Gasteiger charge is 2.52. The lowest BCUT2D eigenvalue weighted by atomic mass is 9.82. The van der Waals surface area contributed by atoms with Crippen molar-refractivity contribution < 1.29 is 4.79 Å². The molecule has 1 unspecified atom stereocenters. The van der Waals surface area contributed by atoms with E-state index in [1.807, 2.05) is 18.2 Å². The Hall–Kier alpha value is -2.11. The zero-order chi connectivity index (χ0) is 16.5. The fourth-order valence-electron chi connectivity index (χ4n) is 4.10. The van der Waals surface area contributed by atoms with E-state index in [4.69, 9.17) is 0 Å². The van der Waals surface area contributed by atoms with Gasteiger partial charge in [0, 0.05) is 33.2 Å². The minimum absolute atomic E-state index is 0.0140. The van der Waals surface area contributed by atoms with E-state index in [0.29, 0.717) is 0 Å². The second-order valence-electron chi connectivity index (χ2n) is 6.60. The SMILES string of the molecule is Cc1ccc2[nH]c3c(c2c1)CCNC31C(=O)Nc2ccc(Br)cc21. The van der Waals surface area contributed by atoms with Gasteiger partial charge >= 0.3 is 0 Å². The summed E-state index contributed by atoms with van der Waals surface area (Å²) in [4.78, 5) is 16.5. The number of halogens is 1. The highest BCUT2D eigenvalue weighted by molar-refractivity contribution is 9.10.